The molecule has 8 rings (SSSR count). The Balaban J connectivity index is 1.42. The third kappa shape index (κ3) is 3.36. The van der Waals surface area contributed by atoms with Gasteiger partial charge in [-0.2, -0.15) is 5.26 Å². The van der Waals surface area contributed by atoms with Crippen molar-refractivity contribution in [2.24, 2.45) is 0 Å². The highest BCUT2D eigenvalue weighted by molar-refractivity contribution is 6.09. The number of rotatable bonds is 3. The fourth-order valence-corrected chi connectivity index (χ4v) is 7.58. The number of fused-ring (bicyclic) bond motifs is 6. The van der Waals surface area contributed by atoms with Gasteiger partial charge in [-0.25, -0.2) is 0 Å². The van der Waals surface area contributed by atoms with E-state index in [4.69, 9.17) is 0 Å². The lowest BCUT2D eigenvalue weighted by Crippen LogP contribution is -2.31. The highest BCUT2D eigenvalue weighted by atomic mass is 15.1. The zero-order chi connectivity index (χ0) is 26.6. The average molecular weight is 516 g/mol. The van der Waals surface area contributed by atoms with Crippen LogP contribution in [-0.2, 0) is 0 Å². The van der Waals surface area contributed by atoms with Crippen molar-refractivity contribution in [3.63, 3.8) is 0 Å². The van der Waals surface area contributed by atoms with Gasteiger partial charge < -0.3 is 9.13 Å². The molecule has 0 bridgehead atoms. The molecule has 3 heteroatoms. The van der Waals surface area contributed by atoms with Gasteiger partial charge in [-0.3, -0.25) is 0 Å². The molecule has 5 aromatic carbocycles. The van der Waals surface area contributed by atoms with E-state index in [0.717, 1.165) is 19.3 Å². The predicted octanol–water partition coefficient (Wildman–Crippen LogP) is 9.52. The Morgan fingerprint density at radius 2 is 0.875 bits per heavy atom. The summed E-state index contributed by atoms with van der Waals surface area (Å²) in [5, 5.41) is 14.8. The topological polar surface area (TPSA) is 33.6 Å². The Kier molecular flexibility index (Phi) is 5.28. The summed E-state index contributed by atoms with van der Waals surface area (Å²) in [6.07, 6.45) is 3.38. The molecule has 0 radical (unpaired) electrons. The van der Waals surface area contributed by atoms with E-state index < -0.39 is 0 Å². The Labute approximate surface area is 233 Å². The largest absolute Gasteiger partial charge is 0.337 e. The maximum absolute atomic E-state index is 9.56. The molecule has 0 aliphatic heterocycles. The maximum Gasteiger partial charge on any atom is 0.0991 e. The van der Waals surface area contributed by atoms with Crippen molar-refractivity contribution in [2.45, 2.75) is 37.3 Å². The summed E-state index contributed by atoms with van der Waals surface area (Å²) in [6.45, 7) is 0. The molecule has 3 nitrogen and oxygen atoms in total. The first-order valence-corrected chi connectivity index (χ1v) is 14.3. The van der Waals surface area contributed by atoms with E-state index in [1.54, 1.807) is 0 Å². The second-order valence-electron chi connectivity index (χ2n) is 11.1. The van der Waals surface area contributed by atoms with Crippen molar-refractivity contribution in [1.29, 1.82) is 5.26 Å². The van der Waals surface area contributed by atoms with Crippen LogP contribution in [0.3, 0.4) is 0 Å². The fourth-order valence-electron chi connectivity index (χ4n) is 7.58. The van der Waals surface area contributed by atoms with E-state index in [2.05, 4.69) is 124 Å². The van der Waals surface area contributed by atoms with Gasteiger partial charge in [0.1, 0.15) is 0 Å². The normalized spacial score (nSPS) is 19.4. The van der Waals surface area contributed by atoms with Crippen molar-refractivity contribution in [2.75, 3.05) is 0 Å². The first-order chi connectivity index (χ1) is 19.8. The summed E-state index contributed by atoms with van der Waals surface area (Å²) in [6, 6.07) is 46.7. The summed E-state index contributed by atoms with van der Waals surface area (Å²) in [5.74, 6) is 0.236. The lowest BCUT2D eigenvalue weighted by atomic mass is 9.75. The first kappa shape index (κ1) is 23.1. The third-order valence-electron chi connectivity index (χ3n) is 9.15. The smallest absolute Gasteiger partial charge is 0.0991 e. The summed E-state index contributed by atoms with van der Waals surface area (Å²) < 4.78 is 5.27. The minimum absolute atomic E-state index is 0.236. The molecule has 7 aromatic rings. The van der Waals surface area contributed by atoms with E-state index in [0.29, 0.717) is 5.56 Å². The molecule has 2 aromatic heterocycles. The average Bonchev–Trinajstić information content (AvgIpc) is 3.54. The van der Waals surface area contributed by atoms with Crippen LogP contribution in [0.2, 0.25) is 0 Å². The predicted molar refractivity (Wildman–Crippen MR) is 165 cm³/mol. The minimum Gasteiger partial charge on any atom is -0.337 e. The van der Waals surface area contributed by atoms with Crippen molar-refractivity contribution >= 4 is 43.6 Å². The van der Waals surface area contributed by atoms with Gasteiger partial charge in [0.2, 0.25) is 0 Å². The number of hydrogen-bond acceptors (Lipinski definition) is 1. The lowest BCUT2D eigenvalue weighted by Gasteiger charge is -2.41. The highest BCUT2D eigenvalue weighted by Crippen LogP contribution is 2.51. The molecular weight excluding hydrogens is 486 g/mol. The van der Waals surface area contributed by atoms with Gasteiger partial charge in [-0.15, -0.1) is 0 Å². The highest BCUT2D eigenvalue weighted by Gasteiger charge is 2.39. The molecular formula is C37H29N3. The Morgan fingerprint density at radius 3 is 1.25 bits per heavy atom. The fraction of sp³-hybridized carbons (Fsp3) is 0.162. The van der Waals surface area contributed by atoms with Crippen molar-refractivity contribution in [3.8, 4) is 6.07 Å². The van der Waals surface area contributed by atoms with Gasteiger partial charge in [-0.1, -0.05) is 84.9 Å². The van der Waals surface area contributed by atoms with Crippen LogP contribution in [0.4, 0.5) is 0 Å². The molecule has 2 heterocycles. The van der Waals surface area contributed by atoms with E-state index >= 15 is 0 Å². The zero-order valence-corrected chi connectivity index (χ0v) is 22.2. The van der Waals surface area contributed by atoms with Crippen LogP contribution in [0, 0.1) is 11.3 Å². The number of nitriles is 1. The van der Waals surface area contributed by atoms with E-state index in [1.807, 2.05) is 12.1 Å². The molecule has 40 heavy (non-hydrogen) atoms. The first-order valence-electron chi connectivity index (χ1n) is 14.3. The van der Waals surface area contributed by atoms with Crippen LogP contribution in [0.5, 0.6) is 0 Å². The van der Waals surface area contributed by atoms with Gasteiger partial charge in [0.25, 0.3) is 0 Å². The van der Waals surface area contributed by atoms with Crippen LogP contribution in [0.1, 0.15) is 48.4 Å². The van der Waals surface area contributed by atoms with E-state index in [-0.39, 0.29) is 18.0 Å². The number of benzene rings is 5. The van der Waals surface area contributed by atoms with Crippen LogP contribution in [0.15, 0.2) is 121 Å². The molecule has 192 valence electrons. The standard InChI is InChI=1S/C37H29N3/c38-24-25-20-22-26(23-21-25)37-35(39-31-14-5-1-10-27(31)28-11-2-6-15-32(28)39)18-9-19-36(37)40-33-16-7-3-12-29(33)30-13-4-8-17-34(30)40/h1-8,10-17,20-23,35-37H,9,18-19H2. The van der Waals surface area contributed by atoms with Crippen LogP contribution < -0.4 is 0 Å². The summed E-state index contributed by atoms with van der Waals surface area (Å²) in [7, 11) is 0. The second-order valence-corrected chi connectivity index (χ2v) is 11.1. The van der Waals surface area contributed by atoms with Crippen LogP contribution >= 0.6 is 0 Å². The van der Waals surface area contributed by atoms with Crippen LogP contribution in [0.25, 0.3) is 43.6 Å². The number of aromatic nitrogens is 2. The molecule has 0 N–H and O–H groups in total. The molecule has 1 aliphatic carbocycles. The maximum atomic E-state index is 9.56. The van der Waals surface area contributed by atoms with Crippen molar-refractivity contribution in [3.05, 3.63) is 132 Å². The molecule has 0 amide bonds. The monoisotopic (exact) mass is 515 g/mol. The Bertz CT molecular complexity index is 1840. The minimum atomic E-state index is 0.236. The number of hydrogen-bond donors (Lipinski definition) is 0. The molecule has 1 fully saturated rings. The van der Waals surface area contributed by atoms with E-state index in [1.165, 1.54) is 49.2 Å². The SMILES string of the molecule is N#Cc1ccc(C2C(n3c4ccccc4c4ccccc43)CCCC2n2c3ccccc3c3ccccc32)cc1. The van der Waals surface area contributed by atoms with Crippen LogP contribution in [-0.4, -0.2) is 9.13 Å². The molecule has 1 aliphatic rings. The molecule has 2 unspecified atom stereocenters. The molecule has 0 saturated heterocycles. The van der Waals surface area contributed by atoms with Gasteiger partial charge in [0.15, 0.2) is 0 Å². The van der Waals surface area contributed by atoms with Gasteiger partial charge in [0.05, 0.1) is 11.6 Å². The van der Waals surface area contributed by atoms with Crippen molar-refractivity contribution < 1.29 is 0 Å². The van der Waals surface area contributed by atoms with Gasteiger partial charge in [-0.05, 0) is 61.2 Å². The molecule has 0 spiro atoms. The quantitative estimate of drug-likeness (QED) is 0.231. The summed E-state index contributed by atoms with van der Waals surface area (Å²) in [4.78, 5) is 0. The van der Waals surface area contributed by atoms with Gasteiger partial charge in [0, 0.05) is 61.6 Å². The Hall–Kier alpha value is -4.81. The molecule has 1 saturated carbocycles. The van der Waals surface area contributed by atoms with Gasteiger partial charge >= 0.3 is 0 Å². The summed E-state index contributed by atoms with van der Waals surface area (Å²) >= 11 is 0. The Morgan fingerprint density at radius 1 is 0.500 bits per heavy atom. The summed E-state index contributed by atoms with van der Waals surface area (Å²) in [5.41, 5.74) is 7.22. The zero-order valence-electron chi connectivity index (χ0n) is 22.2. The number of para-hydroxylation sites is 4. The van der Waals surface area contributed by atoms with Crippen molar-refractivity contribution in [1.82, 2.24) is 9.13 Å². The van der Waals surface area contributed by atoms with E-state index in [9.17, 15) is 5.26 Å². The molecule has 2 atom stereocenters. The lowest BCUT2D eigenvalue weighted by molar-refractivity contribution is 0.236. The third-order valence-corrected chi connectivity index (χ3v) is 9.15. The second kappa shape index (κ2) is 9.14. The number of nitrogens with zero attached hydrogens (tertiary/aromatic N) is 3.